The van der Waals surface area contributed by atoms with Crippen molar-refractivity contribution in [3.05, 3.63) is 0 Å². The van der Waals surface area contributed by atoms with Gasteiger partial charge in [0.25, 0.3) is 5.24 Å². The quantitative estimate of drug-likeness (QED) is 0.385. The highest BCUT2D eigenvalue weighted by atomic mass is 35.5. The Morgan fingerprint density at radius 3 is 2.25 bits per heavy atom. The molecule has 4 heteroatoms. The summed E-state index contributed by atoms with van der Waals surface area (Å²) in [6, 6.07) is 0. The average molecular weight is 232 g/mol. The number of carbonyl (C=O) groups is 1. The molecule has 0 heterocycles. The van der Waals surface area contributed by atoms with E-state index in [9.17, 15) is 4.79 Å². The number of halogens is 3. The molecule has 0 rings (SSSR count). The minimum atomic E-state index is -1.38. The lowest BCUT2D eigenvalue weighted by atomic mass is 10.1. The summed E-state index contributed by atoms with van der Waals surface area (Å²) in [5.41, 5.74) is 0. The molecule has 0 amide bonds. The van der Waals surface area contributed by atoms with Gasteiger partial charge in [0.1, 0.15) is 0 Å². The zero-order chi connectivity index (χ0) is 9.61. The summed E-state index contributed by atoms with van der Waals surface area (Å²) >= 11 is 16.4. The van der Waals surface area contributed by atoms with E-state index in [-0.39, 0.29) is 0 Å². The molecule has 0 aromatic rings. The lowest BCUT2D eigenvalue weighted by molar-refractivity contribution is -0.112. The van der Waals surface area contributed by atoms with Crippen LogP contribution in [0, 0.1) is 0 Å². The van der Waals surface area contributed by atoms with E-state index >= 15 is 0 Å². The van der Waals surface area contributed by atoms with Crippen LogP contribution in [-0.4, -0.2) is 9.58 Å². The zero-order valence-corrected chi connectivity index (χ0v) is 9.35. The zero-order valence-electron chi connectivity index (χ0n) is 7.08. The summed E-state index contributed by atoms with van der Waals surface area (Å²) in [4.78, 5) is 10.6. The fourth-order valence-electron chi connectivity index (χ4n) is 0.872. The summed E-state index contributed by atoms with van der Waals surface area (Å²) < 4.78 is -1.38. The first kappa shape index (κ1) is 12.5. The van der Waals surface area contributed by atoms with Crippen LogP contribution in [0.1, 0.15) is 39.0 Å². The van der Waals surface area contributed by atoms with E-state index in [0.717, 1.165) is 25.7 Å². The van der Waals surface area contributed by atoms with Crippen molar-refractivity contribution < 1.29 is 4.79 Å². The maximum atomic E-state index is 10.6. The molecule has 0 aliphatic heterocycles. The summed E-state index contributed by atoms with van der Waals surface area (Å²) in [6.07, 6.45) is 4.62. The first-order chi connectivity index (χ1) is 5.50. The van der Waals surface area contributed by atoms with Gasteiger partial charge in [-0.25, -0.2) is 0 Å². The first-order valence-corrected chi connectivity index (χ1v) is 5.22. The van der Waals surface area contributed by atoms with Gasteiger partial charge in [0.2, 0.25) is 0 Å². The van der Waals surface area contributed by atoms with Crippen molar-refractivity contribution in [2.45, 2.75) is 43.4 Å². The Balaban J connectivity index is 3.54. The topological polar surface area (TPSA) is 17.1 Å². The number of hydrogen-bond donors (Lipinski definition) is 0. The number of hydrogen-bond acceptors (Lipinski definition) is 1. The summed E-state index contributed by atoms with van der Waals surface area (Å²) in [5.74, 6) is 0. The van der Waals surface area contributed by atoms with Crippen LogP contribution in [0.4, 0.5) is 0 Å². The Morgan fingerprint density at radius 2 is 1.83 bits per heavy atom. The summed E-state index contributed by atoms with van der Waals surface area (Å²) in [6.45, 7) is 2.11. The van der Waals surface area contributed by atoms with Gasteiger partial charge in [0.15, 0.2) is 4.33 Å². The van der Waals surface area contributed by atoms with Crippen LogP contribution in [0.3, 0.4) is 0 Å². The molecule has 0 spiro atoms. The maximum absolute atomic E-state index is 10.6. The molecule has 0 aromatic carbocycles. The van der Waals surface area contributed by atoms with E-state index in [4.69, 9.17) is 34.8 Å². The van der Waals surface area contributed by atoms with Crippen LogP contribution in [0.25, 0.3) is 0 Å². The number of unbranched alkanes of at least 4 members (excludes halogenated alkanes) is 3. The van der Waals surface area contributed by atoms with Gasteiger partial charge >= 0.3 is 0 Å². The van der Waals surface area contributed by atoms with Crippen molar-refractivity contribution in [3.63, 3.8) is 0 Å². The van der Waals surface area contributed by atoms with E-state index in [1.54, 1.807) is 0 Å². The standard InChI is InChI=1S/C8H13Cl3O/c1-2-3-4-5-6-8(10,11)7(9)12/h2-6H2,1H3. The fourth-order valence-corrected chi connectivity index (χ4v) is 1.23. The van der Waals surface area contributed by atoms with Crippen LogP contribution in [0.15, 0.2) is 0 Å². The number of carbonyl (C=O) groups excluding carboxylic acids is 1. The van der Waals surface area contributed by atoms with E-state index in [1.165, 1.54) is 0 Å². The van der Waals surface area contributed by atoms with E-state index in [2.05, 4.69) is 6.92 Å². The Morgan fingerprint density at radius 1 is 1.25 bits per heavy atom. The average Bonchev–Trinajstić information content (AvgIpc) is 1.98. The Bertz CT molecular complexity index is 145. The van der Waals surface area contributed by atoms with Crippen molar-refractivity contribution in [3.8, 4) is 0 Å². The van der Waals surface area contributed by atoms with Crippen molar-refractivity contribution in [2.75, 3.05) is 0 Å². The second-order valence-corrected chi connectivity index (χ2v) is 4.62. The molecule has 0 aliphatic rings. The maximum Gasteiger partial charge on any atom is 0.257 e. The van der Waals surface area contributed by atoms with E-state index < -0.39 is 9.58 Å². The van der Waals surface area contributed by atoms with Crippen molar-refractivity contribution in [1.82, 2.24) is 0 Å². The third kappa shape index (κ3) is 5.23. The second kappa shape index (κ2) is 6.06. The van der Waals surface area contributed by atoms with Crippen molar-refractivity contribution in [2.24, 2.45) is 0 Å². The number of rotatable bonds is 6. The van der Waals surface area contributed by atoms with Gasteiger partial charge in [-0.2, -0.15) is 0 Å². The molecule has 0 unspecified atom stereocenters. The molecular weight excluding hydrogens is 218 g/mol. The molecule has 1 nitrogen and oxygen atoms in total. The molecule has 0 N–H and O–H groups in total. The highest BCUT2D eigenvalue weighted by molar-refractivity contribution is 6.78. The van der Waals surface area contributed by atoms with Crippen LogP contribution >= 0.6 is 34.8 Å². The molecular formula is C8H13Cl3O. The smallest absolute Gasteiger partial charge is 0.257 e. The van der Waals surface area contributed by atoms with Crippen molar-refractivity contribution >= 4 is 40.0 Å². The lowest BCUT2D eigenvalue weighted by Crippen LogP contribution is -2.20. The van der Waals surface area contributed by atoms with Crippen molar-refractivity contribution in [1.29, 1.82) is 0 Å². The van der Waals surface area contributed by atoms with Gasteiger partial charge in [-0.05, 0) is 24.4 Å². The minimum Gasteiger partial charge on any atom is -0.278 e. The minimum absolute atomic E-state index is 0.443. The molecule has 0 aliphatic carbocycles. The van der Waals surface area contributed by atoms with Gasteiger partial charge in [-0.15, -0.1) is 0 Å². The second-order valence-electron chi connectivity index (χ2n) is 2.79. The summed E-state index contributed by atoms with van der Waals surface area (Å²) in [5, 5.41) is -0.678. The van der Waals surface area contributed by atoms with Crippen LogP contribution in [-0.2, 0) is 4.79 Å². The predicted octanol–water partition coefficient (Wildman–Crippen LogP) is 3.90. The molecule has 0 saturated carbocycles. The molecule has 0 fully saturated rings. The Labute approximate surface area is 88.4 Å². The molecule has 0 bridgehead atoms. The highest BCUT2D eigenvalue weighted by Crippen LogP contribution is 2.30. The first-order valence-electron chi connectivity index (χ1n) is 4.08. The molecule has 0 radical (unpaired) electrons. The largest absolute Gasteiger partial charge is 0.278 e. The molecule has 12 heavy (non-hydrogen) atoms. The third-order valence-corrected chi connectivity index (χ3v) is 2.87. The summed E-state index contributed by atoms with van der Waals surface area (Å²) in [7, 11) is 0. The monoisotopic (exact) mass is 230 g/mol. The molecule has 0 aromatic heterocycles. The van der Waals surface area contributed by atoms with Gasteiger partial charge < -0.3 is 0 Å². The Hall–Kier alpha value is 0.540. The third-order valence-electron chi connectivity index (χ3n) is 1.63. The van der Waals surface area contributed by atoms with Gasteiger partial charge in [-0.3, -0.25) is 4.79 Å². The van der Waals surface area contributed by atoms with E-state index in [0.29, 0.717) is 6.42 Å². The van der Waals surface area contributed by atoms with Crippen LogP contribution < -0.4 is 0 Å². The molecule has 0 atom stereocenters. The molecule has 0 saturated heterocycles. The fraction of sp³-hybridized carbons (Fsp3) is 0.875. The number of alkyl halides is 2. The predicted molar refractivity (Wildman–Crippen MR) is 54.1 cm³/mol. The molecule has 72 valence electrons. The normalized spacial score (nSPS) is 11.7. The van der Waals surface area contributed by atoms with Gasteiger partial charge in [0, 0.05) is 0 Å². The van der Waals surface area contributed by atoms with Crippen LogP contribution in [0.2, 0.25) is 0 Å². The van der Waals surface area contributed by atoms with Gasteiger partial charge in [0.05, 0.1) is 0 Å². The Kier molecular flexibility index (Phi) is 6.34. The van der Waals surface area contributed by atoms with E-state index in [1.807, 2.05) is 0 Å². The van der Waals surface area contributed by atoms with Crippen LogP contribution in [0.5, 0.6) is 0 Å². The van der Waals surface area contributed by atoms with Gasteiger partial charge in [-0.1, -0.05) is 49.4 Å². The lowest BCUT2D eigenvalue weighted by Gasteiger charge is -2.13. The highest BCUT2D eigenvalue weighted by Gasteiger charge is 2.30. The SMILES string of the molecule is CCCCCCC(Cl)(Cl)C(=O)Cl.